The predicted molar refractivity (Wildman–Crippen MR) is 204 cm³/mol. The minimum absolute atomic E-state index is 0.104. The summed E-state index contributed by atoms with van der Waals surface area (Å²) in [5.41, 5.74) is 10.4. The smallest absolute Gasteiger partial charge is 0.305 e. The van der Waals surface area contributed by atoms with Crippen LogP contribution in [0.2, 0.25) is 0 Å². The molecular formula is C42H53FN2O9. The Bertz CT molecular complexity index is 1730. The summed E-state index contributed by atoms with van der Waals surface area (Å²) in [5, 5.41) is 30.1. The number of carboxylic acids is 1. The number of ether oxygens (including phenoxy) is 4. The number of ketones is 1. The van der Waals surface area contributed by atoms with Gasteiger partial charge in [0, 0.05) is 36.3 Å². The zero-order valence-corrected chi connectivity index (χ0v) is 31.1. The molecular weight excluding hydrogens is 695 g/mol. The molecule has 3 aromatic carbocycles. The van der Waals surface area contributed by atoms with Crippen molar-refractivity contribution in [1.82, 2.24) is 4.57 Å². The second-order valence-electron chi connectivity index (χ2n) is 13.3. The van der Waals surface area contributed by atoms with E-state index in [1.54, 1.807) is 12.1 Å². The SMILES string of the molecule is CC(C)c1c(C(=O)Cc2ccc(OCCOCCOCCOCCN)cc2)c(-c2ccccc2)c(-c2ccc(F)cc2)n1CC[C@@H](O)C[C@@H](O)CC(=O)O. The summed E-state index contributed by atoms with van der Waals surface area (Å²) in [6.07, 6.45) is -2.49. The fourth-order valence-electron chi connectivity index (χ4n) is 6.36. The fourth-order valence-corrected chi connectivity index (χ4v) is 6.36. The van der Waals surface area contributed by atoms with Crippen molar-refractivity contribution in [2.24, 2.45) is 5.73 Å². The van der Waals surface area contributed by atoms with Crippen LogP contribution in [0.15, 0.2) is 78.9 Å². The first-order chi connectivity index (χ1) is 26.1. The lowest BCUT2D eigenvalue weighted by Crippen LogP contribution is -2.22. The van der Waals surface area contributed by atoms with Crippen molar-refractivity contribution in [3.8, 4) is 28.1 Å². The van der Waals surface area contributed by atoms with Gasteiger partial charge in [0.2, 0.25) is 0 Å². The number of nitrogens with zero attached hydrogens (tertiary/aromatic N) is 1. The van der Waals surface area contributed by atoms with Gasteiger partial charge in [-0.15, -0.1) is 0 Å². The van der Waals surface area contributed by atoms with Crippen molar-refractivity contribution in [2.45, 2.75) is 64.2 Å². The third-order valence-electron chi connectivity index (χ3n) is 8.74. The second-order valence-corrected chi connectivity index (χ2v) is 13.3. The molecule has 54 heavy (non-hydrogen) atoms. The lowest BCUT2D eigenvalue weighted by atomic mass is 9.90. The number of carboxylic acid groups (broad SMARTS) is 1. The quantitative estimate of drug-likeness (QED) is 0.0476. The highest BCUT2D eigenvalue weighted by atomic mass is 19.1. The summed E-state index contributed by atoms with van der Waals surface area (Å²) in [6, 6.07) is 23.1. The Hall–Kier alpha value is -4.43. The van der Waals surface area contributed by atoms with Crippen LogP contribution in [0.1, 0.15) is 60.6 Å². The maximum atomic E-state index is 14.6. The van der Waals surface area contributed by atoms with Gasteiger partial charge in [0.05, 0.1) is 64.0 Å². The van der Waals surface area contributed by atoms with Gasteiger partial charge in [0.15, 0.2) is 5.78 Å². The Labute approximate surface area is 316 Å². The van der Waals surface area contributed by atoms with Crippen molar-refractivity contribution in [3.63, 3.8) is 0 Å². The first-order valence-electron chi connectivity index (χ1n) is 18.4. The van der Waals surface area contributed by atoms with E-state index in [-0.39, 0.29) is 37.5 Å². The number of aliphatic carboxylic acids is 1. The van der Waals surface area contributed by atoms with E-state index in [9.17, 15) is 24.2 Å². The number of aliphatic hydroxyl groups is 2. The van der Waals surface area contributed by atoms with E-state index in [2.05, 4.69) is 0 Å². The minimum Gasteiger partial charge on any atom is -0.491 e. The van der Waals surface area contributed by atoms with Crippen molar-refractivity contribution in [3.05, 3.63) is 102 Å². The molecule has 0 aliphatic rings. The van der Waals surface area contributed by atoms with Crippen LogP contribution >= 0.6 is 0 Å². The van der Waals surface area contributed by atoms with Gasteiger partial charge in [-0.05, 0) is 71.8 Å². The van der Waals surface area contributed by atoms with Gasteiger partial charge in [-0.2, -0.15) is 0 Å². The number of carbonyl (C=O) groups is 2. The van der Waals surface area contributed by atoms with Crippen LogP contribution < -0.4 is 10.5 Å². The zero-order chi connectivity index (χ0) is 38.9. The molecule has 0 amide bonds. The van der Waals surface area contributed by atoms with Crippen molar-refractivity contribution < 1.29 is 48.2 Å². The largest absolute Gasteiger partial charge is 0.491 e. The lowest BCUT2D eigenvalue weighted by Gasteiger charge is -2.20. The van der Waals surface area contributed by atoms with E-state index < -0.39 is 30.4 Å². The molecule has 4 aromatic rings. The molecule has 0 fully saturated rings. The number of benzene rings is 3. The number of hydrogen-bond donors (Lipinski definition) is 4. The van der Waals surface area contributed by atoms with Gasteiger partial charge in [0.1, 0.15) is 18.2 Å². The third-order valence-corrected chi connectivity index (χ3v) is 8.74. The summed E-state index contributed by atoms with van der Waals surface area (Å²) >= 11 is 0. The molecule has 0 saturated carbocycles. The summed E-state index contributed by atoms with van der Waals surface area (Å²) in [7, 11) is 0. The molecule has 5 N–H and O–H groups in total. The summed E-state index contributed by atoms with van der Waals surface area (Å²) in [5.74, 6) is -1.13. The lowest BCUT2D eigenvalue weighted by molar-refractivity contribution is -0.139. The molecule has 2 atom stereocenters. The van der Waals surface area contributed by atoms with Crippen LogP contribution in [0.4, 0.5) is 4.39 Å². The van der Waals surface area contributed by atoms with Crippen LogP contribution in [0, 0.1) is 5.82 Å². The van der Waals surface area contributed by atoms with Gasteiger partial charge < -0.3 is 44.6 Å². The average Bonchev–Trinajstić information content (AvgIpc) is 3.49. The molecule has 0 bridgehead atoms. The second kappa shape index (κ2) is 22.1. The fraction of sp³-hybridized carbons (Fsp3) is 0.429. The third kappa shape index (κ3) is 12.9. The first kappa shape index (κ1) is 42.3. The molecule has 4 rings (SSSR count). The molecule has 0 unspecified atom stereocenters. The monoisotopic (exact) mass is 748 g/mol. The number of aromatic nitrogens is 1. The van der Waals surface area contributed by atoms with Crippen LogP contribution in [0.3, 0.4) is 0 Å². The highest BCUT2D eigenvalue weighted by Crippen LogP contribution is 2.43. The van der Waals surface area contributed by atoms with Gasteiger partial charge in [-0.25, -0.2) is 4.39 Å². The molecule has 0 radical (unpaired) electrons. The van der Waals surface area contributed by atoms with Crippen molar-refractivity contribution in [2.75, 3.05) is 52.8 Å². The molecule has 0 aliphatic heterocycles. The molecule has 0 saturated heterocycles. The molecule has 0 aliphatic carbocycles. The number of halogens is 1. The van der Waals surface area contributed by atoms with Crippen LogP contribution in [0.5, 0.6) is 5.75 Å². The van der Waals surface area contributed by atoms with Crippen molar-refractivity contribution >= 4 is 11.8 Å². The number of aliphatic hydroxyl groups excluding tert-OH is 2. The number of nitrogens with two attached hydrogens (primary N) is 1. The first-order valence-corrected chi connectivity index (χ1v) is 18.4. The van der Waals surface area contributed by atoms with Crippen LogP contribution in [-0.4, -0.2) is 96.6 Å². The molecule has 12 heteroatoms. The Morgan fingerprint density at radius 2 is 1.39 bits per heavy atom. The highest BCUT2D eigenvalue weighted by Gasteiger charge is 2.30. The van der Waals surface area contributed by atoms with Gasteiger partial charge in [-0.1, -0.05) is 56.3 Å². The summed E-state index contributed by atoms with van der Waals surface area (Å²) in [6.45, 7) is 7.87. The average molecular weight is 749 g/mol. The van der Waals surface area contributed by atoms with Crippen LogP contribution in [0.25, 0.3) is 22.4 Å². The molecule has 1 heterocycles. The molecule has 0 spiro atoms. The topological polar surface area (TPSA) is 163 Å². The molecule has 1 aromatic heterocycles. The number of Topliss-reactive ketones (excluding diaryl/α,β-unsaturated/α-hetero) is 1. The van der Waals surface area contributed by atoms with Gasteiger partial charge >= 0.3 is 5.97 Å². The summed E-state index contributed by atoms with van der Waals surface area (Å²) in [4.78, 5) is 25.7. The standard InChI is InChI=1S/C42H53FN2O9/c1-29(2)41-40(37(48)26-30-8-14-36(15-9-30)54-25-24-53-23-22-52-21-20-51-19-17-44)39(31-6-4-3-5-7-31)42(32-10-12-33(43)13-11-32)45(41)18-16-34(46)27-35(47)28-38(49)50/h3-15,29,34-35,46-47H,16-28,44H2,1-2H3,(H,49,50)/t34-,35-/m1/s1. The van der Waals surface area contributed by atoms with E-state index in [4.69, 9.17) is 29.8 Å². The minimum atomic E-state index is -1.20. The number of hydrogen-bond acceptors (Lipinski definition) is 9. The van der Waals surface area contributed by atoms with E-state index in [0.29, 0.717) is 80.9 Å². The number of rotatable bonds is 25. The van der Waals surface area contributed by atoms with E-state index in [0.717, 1.165) is 16.8 Å². The maximum Gasteiger partial charge on any atom is 0.305 e. The summed E-state index contributed by atoms with van der Waals surface area (Å²) < 4.78 is 38.3. The number of carbonyl (C=O) groups excluding carboxylic acids is 1. The van der Waals surface area contributed by atoms with E-state index >= 15 is 0 Å². The van der Waals surface area contributed by atoms with Crippen LogP contribution in [-0.2, 0) is 32.0 Å². The Balaban J connectivity index is 1.56. The Kier molecular flexibility index (Phi) is 17.3. The maximum absolute atomic E-state index is 14.6. The normalized spacial score (nSPS) is 12.6. The highest BCUT2D eigenvalue weighted by molar-refractivity contribution is 6.08. The van der Waals surface area contributed by atoms with E-state index in [1.165, 1.54) is 12.1 Å². The molecule has 11 nitrogen and oxygen atoms in total. The zero-order valence-electron chi connectivity index (χ0n) is 31.1. The molecule has 292 valence electrons. The predicted octanol–water partition coefficient (Wildman–Crippen LogP) is 5.87. The Morgan fingerprint density at radius 1 is 0.778 bits per heavy atom. The van der Waals surface area contributed by atoms with E-state index in [1.807, 2.05) is 73.0 Å². The van der Waals surface area contributed by atoms with Crippen molar-refractivity contribution in [1.29, 1.82) is 0 Å². The van der Waals surface area contributed by atoms with Gasteiger partial charge in [0.25, 0.3) is 0 Å². The van der Waals surface area contributed by atoms with Gasteiger partial charge in [-0.3, -0.25) is 9.59 Å². The Morgan fingerprint density at radius 3 is 1.98 bits per heavy atom.